The molecule has 0 amide bonds. The van der Waals surface area contributed by atoms with E-state index in [1.807, 2.05) is 24.9 Å². The van der Waals surface area contributed by atoms with E-state index in [2.05, 4.69) is 19.1 Å². The third-order valence-electron chi connectivity index (χ3n) is 2.34. The molecule has 1 atom stereocenters. The van der Waals surface area contributed by atoms with E-state index in [4.69, 9.17) is 0 Å². The summed E-state index contributed by atoms with van der Waals surface area (Å²) in [6.45, 7) is 4.07. The van der Waals surface area contributed by atoms with Gasteiger partial charge in [-0.1, -0.05) is 43.7 Å². The normalized spacial score (nSPS) is 15.0. The van der Waals surface area contributed by atoms with Gasteiger partial charge < -0.3 is 4.57 Å². The summed E-state index contributed by atoms with van der Waals surface area (Å²) in [5.41, 5.74) is 1.20. The highest BCUT2D eigenvalue weighted by molar-refractivity contribution is 7.62. The molecule has 14 heavy (non-hydrogen) atoms. The zero-order chi connectivity index (χ0) is 10.4. The van der Waals surface area contributed by atoms with Gasteiger partial charge in [0.2, 0.25) is 0 Å². The van der Waals surface area contributed by atoms with Crippen LogP contribution in [0.15, 0.2) is 30.3 Å². The Labute approximate surface area is 86.9 Å². The van der Waals surface area contributed by atoms with Crippen LogP contribution in [-0.4, -0.2) is 12.8 Å². The van der Waals surface area contributed by atoms with Gasteiger partial charge in [0.1, 0.15) is 0 Å². The Balaban J connectivity index is 2.55. The number of benzene rings is 1. The van der Waals surface area contributed by atoms with Gasteiger partial charge >= 0.3 is 0 Å². The van der Waals surface area contributed by atoms with Gasteiger partial charge in [0, 0.05) is 12.3 Å². The van der Waals surface area contributed by atoms with Gasteiger partial charge in [0.15, 0.2) is 0 Å². The van der Waals surface area contributed by atoms with E-state index >= 15 is 0 Å². The van der Waals surface area contributed by atoms with Crippen molar-refractivity contribution in [3.63, 3.8) is 0 Å². The molecule has 0 aromatic heterocycles. The molecular weight excluding hydrogens is 191 g/mol. The van der Waals surface area contributed by atoms with E-state index < -0.39 is 7.14 Å². The lowest BCUT2D eigenvalue weighted by atomic mass is 10.2. The van der Waals surface area contributed by atoms with E-state index in [1.165, 1.54) is 5.56 Å². The van der Waals surface area contributed by atoms with Crippen molar-refractivity contribution in [2.45, 2.75) is 25.9 Å². The molecule has 0 N–H and O–H groups in total. The average Bonchev–Trinajstić information content (AvgIpc) is 2.16. The van der Waals surface area contributed by atoms with Crippen LogP contribution in [0.5, 0.6) is 0 Å². The fraction of sp³-hybridized carbons (Fsp3) is 0.500. The summed E-state index contributed by atoms with van der Waals surface area (Å²) in [6.07, 6.45) is 3.86. The summed E-state index contributed by atoms with van der Waals surface area (Å²) in [4.78, 5) is 0. The first-order chi connectivity index (χ1) is 6.64. The summed E-state index contributed by atoms with van der Waals surface area (Å²) in [5, 5.41) is 0. The number of unbranched alkanes of at least 4 members (excludes halogenated alkanes) is 1. The molecule has 0 fully saturated rings. The van der Waals surface area contributed by atoms with Crippen LogP contribution in [0.25, 0.3) is 0 Å². The second-order valence-corrected chi connectivity index (χ2v) is 7.37. The largest absolute Gasteiger partial charge is 0.323 e. The quantitative estimate of drug-likeness (QED) is 0.672. The highest BCUT2D eigenvalue weighted by Crippen LogP contribution is 2.45. The van der Waals surface area contributed by atoms with Gasteiger partial charge in [-0.05, 0) is 18.6 Å². The Hall–Kier alpha value is -0.550. The first-order valence-electron chi connectivity index (χ1n) is 5.23. The van der Waals surface area contributed by atoms with Gasteiger partial charge in [-0.3, -0.25) is 0 Å². The molecule has 0 radical (unpaired) electrons. The van der Waals surface area contributed by atoms with Crippen molar-refractivity contribution in [1.82, 2.24) is 0 Å². The Kier molecular flexibility index (Phi) is 4.41. The maximum Gasteiger partial charge on any atom is 0.0890 e. The van der Waals surface area contributed by atoms with E-state index in [9.17, 15) is 4.57 Å². The summed E-state index contributed by atoms with van der Waals surface area (Å²) in [7, 11) is -1.93. The summed E-state index contributed by atoms with van der Waals surface area (Å²) in [5.74, 6) is 0. The van der Waals surface area contributed by atoms with Gasteiger partial charge in [-0.15, -0.1) is 0 Å². The number of hydrogen-bond donors (Lipinski definition) is 0. The van der Waals surface area contributed by atoms with E-state index in [0.29, 0.717) is 0 Å². The minimum absolute atomic E-state index is 0.758. The maximum atomic E-state index is 12.1. The monoisotopic (exact) mass is 210 g/mol. The van der Waals surface area contributed by atoms with Crippen LogP contribution in [0.3, 0.4) is 0 Å². The Bertz CT molecular complexity index is 305. The lowest BCUT2D eigenvalue weighted by Gasteiger charge is -2.12. The van der Waals surface area contributed by atoms with Gasteiger partial charge in [-0.2, -0.15) is 0 Å². The predicted octanol–water partition coefficient (Wildman–Crippen LogP) is 3.98. The molecule has 0 aliphatic rings. The third-order valence-corrected chi connectivity index (χ3v) is 4.64. The van der Waals surface area contributed by atoms with Gasteiger partial charge in [-0.25, -0.2) is 0 Å². The van der Waals surface area contributed by atoms with Crippen molar-refractivity contribution in [1.29, 1.82) is 0 Å². The molecule has 1 rings (SSSR count). The lowest BCUT2D eigenvalue weighted by Crippen LogP contribution is -1.92. The van der Waals surface area contributed by atoms with E-state index in [-0.39, 0.29) is 0 Å². The van der Waals surface area contributed by atoms with Crippen LogP contribution in [0.4, 0.5) is 0 Å². The first-order valence-corrected chi connectivity index (χ1v) is 7.76. The van der Waals surface area contributed by atoms with E-state index in [1.54, 1.807) is 0 Å². The third kappa shape index (κ3) is 4.11. The van der Waals surface area contributed by atoms with Crippen molar-refractivity contribution in [2.24, 2.45) is 0 Å². The zero-order valence-electron chi connectivity index (χ0n) is 9.07. The van der Waals surface area contributed by atoms with Crippen molar-refractivity contribution in [3.05, 3.63) is 35.9 Å². The minimum atomic E-state index is -1.93. The van der Waals surface area contributed by atoms with Crippen LogP contribution in [0.2, 0.25) is 0 Å². The van der Waals surface area contributed by atoms with Crippen LogP contribution >= 0.6 is 7.14 Å². The zero-order valence-corrected chi connectivity index (χ0v) is 9.97. The molecule has 0 saturated carbocycles. The molecule has 1 aromatic carbocycles. The molecule has 1 aromatic rings. The smallest absolute Gasteiger partial charge is 0.0890 e. The van der Waals surface area contributed by atoms with Gasteiger partial charge in [0.25, 0.3) is 0 Å². The van der Waals surface area contributed by atoms with Crippen molar-refractivity contribution >= 4 is 7.14 Å². The second-order valence-electron chi connectivity index (χ2n) is 4.02. The summed E-state index contributed by atoms with van der Waals surface area (Å²) >= 11 is 0. The Morgan fingerprint density at radius 1 is 1.21 bits per heavy atom. The summed E-state index contributed by atoms with van der Waals surface area (Å²) in [6, 6.07) is 10.1. The van der Waals surface area contributed by atoms with Crippen LogP contribution in [0.1, 0.15) is 25.3 Å². The fourth-order valence-electron chi connectivity index (χ4n) is 1.54. The number of hydrogen-bond acceptors (Lipinski definition) is 1. The molecule has 0 saturated heterocycles. The lowest BCUT2D eigenvalue weighted by molar-refractivity contribution is 0.575. The molecule has 0 aliphatic heterocycles. The highest BCUT2D eigenvalue weighted by Gasteiger charge is 2.14. The average molecular weight is 210 g/mol. The molecule has 0 aliphatic carbocycles. The molecule has 0 spiro atoms. The Morgan fingerprint density at radius 2 is 1.86 bits per heavy atom. The van der Waals surface area contributed by atoms with Crippen LogP contribution in [-0.2, 0) is 10.7 Å². The van der Waals surface area contributed by atoms with Gasteiger partial charge in [0.05, 0.1) is 7.14 Å². The molecule has 78 valence electrons. The topological polar surface area (TPSA) is 17.1 Å². The predicted molar refractivity (Wildman–Crippen MR) is 63.5 cm³/mol. The second kappa shape index (κ2) is 5.36. The van der Waals surface area contributed by atoms with E-state index in [0.717, 1.165) is 25.2 Å². The van der Waals surface area contributed by atoms with Crippen molar-refractivity contribution in [2.75, 3.05) is 12.8 Å². The molecule has 1 unspecified atom stereocenters. The molecule has 2 heteroatoms. The molecule has 1 nitrogen and oxygen atoms in total. The van der Waals surface area contributed by atoms with Crippen molar-refractivity contribution < 1.29 is 4.57 Å². The minimum Gasteiger partial charge on any atom is -0.323 e. The standard InChI is InChI=1S/C12H19OP/c1-3-4-10-14(2,13)11-12-8-6-5-7-9-12/h5-9H,3-4,10-11H2,1-2H3. The molecular formula is C12H19OP. The van der Waals surface area contributed by atoms with Crippen molar-refractivity contribution in [3.8, 4) is 0 Å². The van der Waals surface area contributed by atoms with Crippen LogP contribution in [0, 0.1) is 0 Å². The fourth-order valence-corrected chi connectivity index (χ4v) is 3.67. The highest BCUT2D eigenvalue weighted by atomic mass is 31.2. The number of rotatable bonds is 5. The first kappa shape index (κ1) is 11.5. The maximum absolute atomic E-state index is 12.1. The summed E-state index contributed by atoms with van der Waals surface area (Å²) < 4.78 is 12.1. The molecule has 0 heterocycles. The SMILES string of the molecule is CCCCP(C)(=O)Cc1ccccc1. The Morgan fingerprint density at radius 3 is 2.43 bits per heavy atom. The molecule has 0 bridgehead atoms. The van der Waals surface area contributed by atoms with Crippen LogP contribution < -0.4 is 0 Å².